The van der Waals surface area contributed by atoms with Crippen LogP contribution in [0.5, 0.6) is 0 Å². The lowest BCUT2D eigenvalue weighted by Crippen LogP contribution is -2.22. The van der Waals surface area contributed by atoms with Crippen molar-refractivity contribution in [2.24, 2.45) is 0 Å². The molecule has 1 saturated heterocycles. The van der Waals surface area contributed by atoms with Crippen LogP contribution in [0.4, 0.5) is 11.1 Å². The summed E-state index contributed by atoms with van der Waals surface area (Å²) >= 11 is 14.9. The minimum absolute atomic E-state index is 0.117. The molecule has 11 heteroatoms. The highest BCUT2D eigenvalue weighted by Crippen LogP contribution is 2.41. The van der Waals surface area contributed by atoms with E-state index in [1.807, 2.05) is 11.4 Å². The molecule has 7 nitrogen and oxygen atoms in total. The first-order valence-corrected chi connectivity index (χ1v) is 12.7. The molecule has 31 heavy (non-hydrogen) atoms. The van der Waals surface area contributed by atoms with E-state index in [2.05, 4.69) is 30.0 Å². The Morgan fingerprint density at radius 2 is 2.00 bits per heavy atom. The minimum Gasteiger partial charge on any atom is -0.341 e. The highest BCUT2D eigenvalue weighted by atomic mass is 35.5. The summed E-state index contributed by atoms with van der Waals surface area (Å²) in [6.07, 6.45) is 4.69. The molecule has 0 atom stereocenters. The summed E-state index contributed by atoms with van der Waals surface area (Å²) in [7, 11) is 0. The summed E-state index contributed by atoms with van der Waals surface area (Å²) in [6, 6.07) is 5.82. The van der Waals surface area contributed by atoms with Crippen molar-refractivity contribution < 1.29 is 4.79 Å². The van der Waals surface area contributed by atoms with E-state index in [1.165, 1.54) is 35.9 Å². The number of nitrogens with zero attached hydrogens (tertiary/aromatic N) is 5. The van der Waals surface area contributed by atoms with Gasteiger partial charge in [0.25, 0.3) is 0 Å². The number of benzene rings is 1. The first kappa shape index (κ1) is 21.1. The molecule has 0 bridgehead atoms. The topological polar surface area (TPSA) is 75.9 Å². The van der Waals surface area contributed by atoms with Crippen LogP contribution in [0, 0.1) is 0 Å². The Kier molecular flexibility index (Phi) is 6.10. The predicted molar refractivity (Wildman–Crippen MR) is 127 cm³/mol. The van der Waals surface area contributed by atoms with Crippen molar-refractivity contribution in [2.75, 3.05) is 29.1 Å². The molecule has 2 aromatic heterocycles. The van der Waals surface area contributed by atoms with Gasteiger partial charge in [0.05, 0.1) is 21.5 Å². The van der Waals surface area contributed by atoms with E-state index < -0.39 is 0 Å². The average molecular weight is 495 g/mol. The van der Waals surface area contributed by atoms with Crippen LogP contribution in [0.3, 0.4) is 0 Å². The molecule has 2 fully saturated rings. The van der Waals surface area contributed by atoms with E-state index in [-0.39, 0.29) is 11.7 Å². The number of amides is 1. The maximum Gasteiger partial charge on any atom is 0.236 e. The summed E-state index contributed by atoms with van der Waals surface area (Å²) in [5.41, 5.74) is 1.60. The molecule has 1 amide bonds. The molecule has 162 valence electrons. The number of thioether (sulfide) groups is 1. The second kappa shape index (κ2) is 8.97. The lowest BCUT2D eigenvalue weighted by Gasteiger charge is -2.17. The van der Waals surface area contributed by atoms with Crippen LogP contribution < -0.4 is 10.2 Å². The number of carbonyl (C=O) groups excluding carboxylic acids is 1. The van der Waals surface area contributed by atoms with Crippen LogP contribution >= 0.6 is 46.3 Å². The van der Waals surface area contributed by atoms with Gasteiger partial charge in [-0.3, -0.25) is 9.36 Å². The van der Waals surface area contributed by atoms with Gasteiger partial charge in [0.1, 0.15) is 0 Å². The van der Waals surface area contributed by atoms with Crippen LogP contribution in [-0.2, 0) is 4.79 Å². The molecular weight excluding hydrogens is 475 g/mol. The normalized spacial score (nSPS) is 16.1. The Morgan fingerprint density at radius 1 is 1.19 bits per heavy atom. The molecule has 1 aliphatic heterocycles. The summed E-state index contributed by atoms with van der Waals surface area (Å²) in [5, 5.41) is 15.9. The maximum atomic E-state index is 12.5. The second-order valence-electron chi connectivity index (χ2n) is 7.58. The summed E-state index contributed by atoms with van der Waals surface area (Å²) in [4.78, 5) is 19.3. The molecule has 5 rings (SSSR count). The van der Waals surface area contributed by atoms with Crippen molar-refractivity contribution in [1.82, 2.24) is 19.7 Å². The zero-order valence-electron chi connectivity index (χ0n) is 16.6. The Balaban J connectivity index is 1.22. The monoisotopic (exact) mass is 494 g/mol. The second-order valence-corrected chi connectivity index (χ2v) is 10.2. The van der Waals surface area contributed by atoms with Gasteiger partial charge in [0.15, 0.2) is 10.3 Å². The van der Waals surface area contributed by atoms with Gasteiger partial charge in [-0.15, -0.1) is 21.5 Å². The van der Waals surface area contributed by atoms with E-state index in [1.54, 1.807) is 12.1 Å². The Bertz CT molecular complexity index is 1110. The number of rotatable bonds is 7. The number of thiazole rings is 1. The predicted octanol–water partition coefficient (Wildman–Crippen LogP) is 5.37. The van der Waals surface area contributed by atoms with E-state index in [0.29, 0.717) is 21.2 Å². The zero-order valence-corrected chi connectivity index (χ0v) is 19.7. The highest BCUT2D eigenvalue weighted by molar-refractivity contribution is 7.99. The molecule has 0 spiro atoms. The molecule has 1 aromatic carbocycles. The summed E-state index contributed by atoms with van der Waals surface area (Å²) < 4.78 is 2.22. The fourth-order valence-corrected chi connectivity index (χ4v) is 5.39. The average Bonchev–Trinajstić information content (AvgIpc) is 3.15. The lowest BCUT2D eigenvalue weighted by molar-refractivity contribution is -0.113. The molecule has 0 radical (unpaired) electrons. The van der Waals surface area contributed by atoms with Crippen molar-refractivity contribution in [3.8, 4) is 11.3 Å². The van der Waals surface area contributed by atoms with Gasteiger partial charge in [0, 0.05) is 30.1 Å². The van der Waals surface area contributed by atoms with Gasteiger partial charge in [-0.2, -0.15) is 0 Å². The number of aromatic nitrogens is 4. The Morgan fingerprint density at radius 3 is 2.74 bits per heavy atom. The van der Waals surface area contributed by atoms with E-state index in [0.717, 1.165) is 48.3 Å². The van der Waals surface area contributed by atoms with E-state index in [9.17, 15) is 4.79 Å². The number of halogens is 2. The standard InChI is InChI=1S/C20H20Cl2N6OS2/c21-14-6-3-12(9-15(14)22)16-10-30-18(23-16)24-17(29)11-31-20-26-25-19(27-7-1-2-8-27)28(20)13-4-5-13/h3,6,9-10,13H,1-2,4-5,7-8,11H2,(H,23,24,29). The largest absolute Gasteiger partial charge is 0.341 e. The van der Waals surface area contributed by atoms with Gasteiger partial charge in [0.2, 0.25) is 11.9 Å². The van der Waals surface area contributed by atoms with Gasteiger partial charge in [-0.1, -0.05) is 41.0 Å². The van der Waals surface area contributed by atoms with Crippen molar-refractivity contribution in [3.05, 3.63) is 33.6 Å². The number of hydrogen-bond acceptors (Lipinski definition) is 7. The lowest BCUT2D eigenvalue weighted by atomic mass is 10.2. The van der Waals surface area contributed by atoms with Crippen LogP contribution in [0.1, 0.15) is 31.7 Å². The zero-order chi connectivity index (χ0) is 21.4. The summed E-state index contributed by atoms with van der Waals surface area (Å²) in [5.74, 6) is 1.09. The van der Waals surface area contributed by atoms with Crippen molar-refractivity contribution in [1.29, 1.82) is 0 Å². The maximum absolute atomic E-state index is 12.5. The van der Waals surface area contributed by atoms with Crippen LogP contribution in [0.2, 0.25) is 10.0 Å². The number of anilines is 2. The third kappa shape index (κ3) is 4.69. The molecule has 2 aliphatic rings. The van der Waals surface area contributed by atoms with Gasteiger partial charge in [-0.05, 0) is 37.8 Å². The number of nitrogens with one attached hydrogen (secondary N) is 1. The SMILES string of the molecule is O=C(CSc1nnc(N2CCCC2)n1C1CC1)Nc1nc(-c2ccc(Cl)c(Cl)c2)cs1. The van der Waals surface area contributed by atoms with Gasteiger partial charge < -0.3 is 10.2 Å². The van der Waals surface area contributed by atoms with Crippen molar-refractivity contribution in [3.63, 3.8) is 0 Å². The molecule has 1 N–H and O–H groups in total. The first-order valence-electron chi connectivity index (χ1n) is 10.1. The number of carbonyl (C=O) groups is 1. The van der Waals surface area contributed by atoms with E-state index in [4.69, 9.17) is 23.2 Å². The third-order valence-electron chi connectivity index (χ3n) is 5.25. The Hall–Kier alpha value is -1.81. The molecule has 3 heterocycles. The molecule has 0 unspecified atom stereocenters. The summed E-state index contributed by atoms with van der Waals surface area (Å²) in [6.45, 7) is 2.06. The third-order valence-corrected chi connectivity index (χ3v) is 7.69. The molecule has 1 aliphatic carbocycles. The quantitative estimate of drug-likeness (QED) is 0.444. The Labute approximate surface area is 198 Å². The van der Waals surface area contributed by atoms with Gasteiger partial charge >= 0.3 is 0 Å². The fraction of sp³-hybridized carbons (Fsp3) is 0.400. The molecule has 1 saturated carbocycles. The van der Waals surface area contributed by atoms with Crippen molar-refractivity contribution in [2.45, 2.75) is 36.9 Å². The van der Waals surface area contributed by atoms with E-state index >= 15 is 0 Å². The number of hydrogen-bond donors (Lipinski definition) is 1. The van der Waals surface area contributed by atoms with Crippen molar-refractivity contribution >= 4 is 63.3 Å². The molecular formula is C20H20Cl2N6OS2. The minimum atomic E-state index is -0.117. The van der Waals surface area contributed by atoms with Crippen LogP contribution in [0.15, 0.2) is 28.7 Å². The molecule has 3 aromatic rings. The first-order chi connectivity index (χ1) is 15.1. The highest BCUT2D eigenvalue weighted by Gasteiger charge is 2.32. The smallest absolute Gasteiger partial charge is 0.236 e. The van der Waals surface area contributed by atoms with Crippen LogP contribution in [0.25, 0.3) is 11.3 Å². The van der Waals surface area contributed by atoms with Crippen LogP contribution in [-0.4, -0.2) is 44.5 Å². The van der Waals surface area contributed by atoms with Gasteiger partial charge in [-0.25, -0.2) is 4.98 Å². The fourth-order valence-electron chi connectivity index (χ4n) is 3.56.